The molecule has 0 saturated heterocycles. The Morgan fingerprint density at radius 2 is 2.29 bits per heavy atom. The lowest BCUT2D eigenvalue weighted by molar-refractivity contribution is -0.685. The van der Waals surface area contributed by atoms with E-state index >= 15 is 0 Å². The van der Waals surface area contributed by atoms with Gasteiger partial charge >= 0.3 is 11.9 Å². The molecule has 76 valence electrons. The number of aliphatic carboxylic acids is 1. The molecule has 1 heterocycles. The lowest BCUT2D eigenvalue weighted by atomic mass is 10.6. The van der Waals surface area contributed by atoms with E-state index in [-0.39, 0.29) is 19.1 Å². The van der Waals surface area contributed by atoms with Crippen molar-refractivity contribution in [3.8, 4) is 0 Å². The molecular formula is C8H11N2O4+. The Balaban J connectivity index is 2.59. The largest absolute Gasteiger partial charge is 0.478 e. The van der Waals surface area contributed by atoms with Gasteiger partial charge in [0.05, 0.1) is 7.11 Å². The fourth-order valence-electron chi connectivity index (χ4n) is 0.996. The zero-order chi connectivity index (χ0) is 10.6. The third kappa shape index (κ3) is 2.89. The number of rotatable bonds is 4. The van der Waals surface area contributed by atoms with Gasteiger partial charge in [0.15, 0.2) is 13.1 Å². The van der Waals surface area contributed by atoms with Gasteiger partial charge in [-0.2, -0.15) is 0 Å². The van der Waals surface area contributed by atoms with Gasteiger partial charge in [0.1, 0.15) is 12.4 Å². The second-order valence-corrected chi connectivity index (χ2v) is 2.73. The maximum Gasteiger partial charge on any atom is 0.348 e. The van der Waals surface area contributed by atoms with E-state index in [1.165, 1.54) is 18.0 Å². The van der Waals surface area contributed by atoms with Gasteiger partial charge in [-0.25, -0.2) is 18.7 Å². The van der Waals surface area contributed by atoms with E-state index in [1.54, 1.807) is 17.0 Å². The van der Waals surface area contributed by atoms with E-state index in [1.807, 2.05) is 0 Å². The summed E-state index contributed by atoms with van der Waals surface area (Å²) in [6.45, 7) is -0.0305. The van der Waals surface area contributed by atoms with Gasteiger partial charge in [-0.3, -0.25) is 0 Å². The number of carbonyl (C=O) groups is 2. The zero-order valence-electron chi connectivity index (χ0n) is 7.71. The summed E-state index contributed by atoms with van der Waals surface area (Å²) < 4.78 is 7.47. The van der Waals surface area contributed by atoms with Crippen LogP contribution in [0.25, 0.3) is 0 Å². The van der Waals surface area contributed by atoms with Crippen molar-refractivity contribution in [2.75, 3.05) is 7.11 Å². The van der Waals surface area contributed by atoms with Gasteiger partial charge in [-0.1, -0.05) is 0 Å². The van der Waals surface area contributed by atoms with Gasteiger partial charge in [0.2, 0.25) is 6.33 Å². The van der Waals surface area contributed by atoms with Crippen LogP contribution in [0.3, 0.4) is 0 Å². The molecule has 0 atom stereocenters. The SMILES string of the molecule is COC(=O)Cn1cc[n+](CC(=O)O)c1. The minimum Gasteiger partial charge on any atom is -0.478 e. The smallest absolute Gasteiger partial charge is 0.348 e. The summed E-state index contributed by atoms with van der Waals surface area (Å²) in [6, 6.07) is 0. The van der Waals surface area contributed by atoms with E-state index in [2.05, 4.69) is 4.74 Å². The molecule has 6 heteroatoms. The van der Waals surface area contributed by atoms with Crippen molar-refractivity contribution in [2.24, 2.45) is 0 Å². The van der Waals surface area contributed by atoms with Crippen LogP contribution < -0.4 is 4.57 Å². The van der Waals surface area contributed by atoms with E-state index in [0.29, 0.717) is 0 Å². The Labute approximate surface area is 80.3 Å². The number of carbonyl (C=O) groups excluding carboxylic acids is 1. The highest BCUT2D eigenvalue weighted by molar-refractivity contribution is 5.68. The standard InChI is InChI=1S/C8H10N2O4/c1-14-8(13)5-10-3-2-9(6-10)4-7(11)12/h2-3,6H,4-5H2,1H3/p+1. The van der Waals surface area contributed by atoms with Crippen LogP contribution in [0.2, 0.25) is 0 Å². The fraction of sp³-hybridized carbons (Fsp3) is 0.375. The molecule has 0 aliphatic carbocycles. The lowest BCUT2D eigenvalue weighted by Crippen LogP contribution is -2.35. The molecule has 0 aromatic carbocycles. The molecule has 0 radical (unpaired) electrons. The Hall–Kier alpha value is -1.85. The molecule has 0 aliphatic rings. The van der Waals surface area contributed by atoms with Crippen molar-refractivity contribution in [1.29, 1.82) is 0 Å². The second-order valence-electron chi connectivity index (χ2n) is 2.73. The van der Waals surface area contributed by atoms with Crippen LogP contribution in [0.15, 0.2) is 18.7 Å². The van der Waals surface area contributed by atoms with Crippen molar-refractivity contribution < 1.29 is 24.0 Å². The van der Waals surface area contributed by atoms with Crippen LogP contribution in [-0.2, 0) is 27.4 Å². The monoisotopic (exact) mass is 199 g/mol. The zero-order valence-corrected chi connectivity index (χ0v) is 7.71. The summed E-state index contributed by atoms with van der Waals surface area (Å²) in [5, 5.41) is 8.48. The maximum atomic E-state index is 10.8. The van der Waals surface area contributed by atoms with Gasteiger partial charge in [-0.05, 0) is 0 Å². The molecule has 0 unspecified atom stereocenters. The number of esters is 1. The Bertz CT molecular complexity index is 345. The number of imidazole rings is 1. The van der Waals surface area contributed by atoms with Crippen molar-refractivity contribution >= 4 is 11.9 Å². The average Bonchev–Trinajstić information content (AvgIpc) is 2.51. The Morgan fingerprint density at radius 1 is 1.57 bits per heavy atom. The molecule has 1 aromatic rings. The summed E-state index contributed by atoms with van der Waals surface area (Å²) in [4.78, 5) is 21.2. The number of ether oxygens (including phenoxy) is 1. The van der Waals surface area contributed by atoms with Crippen LogP contribution in [0.5, 0.6) is 0 Å². The third-order valence-corrected chi connectivity index (χ3v) is 1.60. The summed E-state index contributed by atoms with van der Waals surface area (Å²) in [7, 11) is 1.30. The number of methoxy groups -OCH3 is 1. The number of hydrogen-bond acceptors (Lipinski definition) is 3. The first-order valence-electron chi connectivity index (χ1n) is 3.95. The van der Waals surface area contributed by atoms with Crippen LogP contribution in [0.1, 0.15) is 0 Å². The molecule has 0 saturated carbocycles. The van der Waals surface area contributed by atoms with Crippen LogP contribution >= 0.6 is 0 Å². The molecular weight excluding hydrogens is 188 g/mol. The van der Waals surface area contributed by atoms with Crippen molar-refractivity contribution in [3.05, 3.63) is 18.7 Å². The number of nitrogens with zero attached hydrogens (tertiary/aromatic N) is 2. The maximum absolute atomic E-state index is 10.8. The van der Waals surface area contributed by atoms with Gasteiger partial charge in [0.25, 0.3) is 0 Å². The van der Waals surface area contributed by atoms with E-state index in [0.717, 1.165) is 0 Å². The number of aromatic nitrogens is 2. The fourth-order valence-corrected chi connectivity index (χ4v) is 0.996. The molecule has 0 spiro atoms. The lowest BCUT2D eigenvalue weighted by Gasteiger charge is -1.93. The quantitative estimate of drug-likeness (QED) is 0.500. The number of carboxylic acids is 1. The summed E-state index contributed by atoms with van der Waals surface area (Å²) in [5.74, 6) is -1.30. The van der Waals surface area contributed by atoms with Crippen LogP contribution in [-0.4, -0.2) is 28.7 Å². The van der Waals surface area contributed by atoms with Crippen molar-refractivity contribution in [1.82, 2.24) is 4.57 Å². The third-order valence-electron chi connectivity index (χ3n) is 1.60. The van der Waals surface area contributed by atoms with E-state index in [9.17, 15) is 9.59 Å². The minimum atomic E-state index is -0.925. The first-order valence-corrected chi connectivity index (χ1v) is 3.95. The van der Waals surface area contributed by atoms with Gasteiger partial charge in [0, 0.05) is 0 Å². The molecule has 1 aromatic heterocycles. The van der Waals surface area contributed by atoms with Crippen LogP contribution in [0, 0.1) is 0 Å². The first-order chi connectivity index (χ1) is 6.61. The Morgan fingerprint density at radius 3 is 2.86 bits per heavy atom. The second kappa shape index (κ2) is 4.40. The summed E-state index contributed by atoms with van der Waals surface area (Å²) in [5.41, 5.74) is 0. The predicted molar refractivity (Wildman–Crippen MR) is 44.3 cm³/mol. The molecule has 6 nitrogen and oxygen atoms in total. The van der Waals surface area contributed by atoms with E-state index in [4.69, 9.17) is 5.11 Å². The number of carboxylic acid groups (broad SMARTS) is 1. The topological polar surface area (TPSA) is 72.4 Å². The molecule has 14 heavy (non-hydrogen) atoms. The highest BCUT2D eigenvalue weighted by Crippen LogP contribution is 1.86. The summed E-state index contributed by atoms with van der Waals surface area (Å²) >= 11 is 0. The van der Waals surface area contributed by atoms with Crippen molar-refractivity contribution in [2.45, 2.75) is 13.1 Å². The van der Waals surface area contributed by atoms with Crippen molar-refractivity contribution in [3.63, 3.8) is 0 Å². The highest BCUT2D eigenvalue weighted by Gasteiger charge is 2.10. The summed E-state index contributed by atoms with van der Waals surface area (Å²) in [6.07, 6.45) is 4.72. The highest BCUT2D eigenvalue weighted by atomic mass is 16.5. The van der Waals surface area contributed by atoms with E-state index < -0.39 is 5.97 Å². The van der Waals surface area contributed by atoms with Crippen LogP contribution in [0.4, 0.5) is 0 Å². The normalized spacial score (nSPS) is 9.79. The molecule has 0 bridgehead atoms. The molecule has 1 rings (SSSR count). The predicted octanol–water partition coefficient (Wildman–Crippen LogP) is -0.967. The average molecular weight is 199 g/mol. The molecule has 1 N–H and O–H groups in total. The molecule has 0 aliphatic heterocycles. The van der Waals surface area contributed by atoms with Gasteiger partial charge < -0.3 is 9.84 Å². The molecule has 0 fully saturated rings. The van der Waals surface area contributed by atoms with Gasteiger partial charge in [-0.15, -0.1) is 0 Å². The Kier molecular flexibility index (Phi) is 3.22. The minimum absolute atomic E-state index is 0.0864. The molecule has 0 amide bonds. The first kappa shape index (κ1) is 10.2. The number of hydrogen-bond donors (Lipinski definition) is 1.